The van der Waals surface area contributed by atoms with E-state index in [1.54, 1.807) is 44.4 Å². The van der Waals surface area contributed by atoms with E-state index in [9.17, 15) is 14.4 Å². The number of hydrogen-bond donors (Lipinski definition) is 2. The lowest BCUT2D eigenvalue weighted by Gasteiger charge is -2.10. The first-order valence-electron chi connectivity index (χ1n) is 9.48. The van der Waals surface area contributed by atoms with Crippen LogP contribution in [0.3, 0.4) is 0 Å². The summed E-state index contributed by atoms with van der Waals surface area (Å²) in [4.78, 5) is 36.5. The first kappa shape index (κ1) is 21.6. The van der Waals surface area contributed by atoms with Crippen LogP contribution in [0.25, 0.3) is 0 Å². The minimum absolute atomic E-state index is 0.154. The zero-order valence-corrected chi connectivity index (χ0v) is 17.1. The molecular formula is C23H22N2O6. The van der Waals surface area contributed by atoms with Crippen molar-refractivity contribution in [1.82, 2.24) is 5.32 Å². The molecule has 160 valence electrons. The van der Waals surface area contributed by atoms with Crippen molar-refractivity contribution in [2.45, 2.75) is 13.5 Å². The Kier molecular flexibility index (Phi) is 7.05. The predicted octanol–water partition coefficient (Wildman–Crippen LogP) is 3.32. The van der Waals surface area contributed by atoms with E-state index >= 15 is 0 Å². The van der Waals surface area contributed by atoms with Crippen LogP contribution in [-0.2, 0) is 16.1 Å². The van der Waals surface area contributed by atoms with Crippen molar-refractivity contribution in [2.75, 3.05) is 19.0 Å². The number of anilines is 1. The second-order valence-electron chi connectivity index (χ2n) is 6.66. The number of furan rings is 1. The second-order valence-corrected chi connectivity index (χ2v) is 6.66. The molecule has 0 unspecified atom stereocenters. The zero-order valence-electron chi connectivity index (χ0n) is 17.1. The van der Waals surface area contributed by atoms with Crippen LogP contribution >= 0.6 is 0 Å². The van der Waals surface area contributed by atoms with Crippen LogP contribution < -0.4 is 15.4 Å². The van der Waals surface area contributed by atoms with Crippen molar-refractivity contribution in [3.05, 3.63) is 83.3 Å². The summed E-state index contributed by atoms with van der Waals surface area (Å²) in [7, 11) is 1.58. The molecule has 2 aromatic carbocycles. The van der Waals surface area contributed by atoms with Gasteiger partial charge in [0.2, 0.25) is 0 Å². The minimum atomic E-state index is -0.673. The summed E-state index contributed by atoms with van der Waals surface area (Å²) >= 11 is 0. The number of benzene rings is 2. The number of amides is 2. The SMILES string of the molecule is COc1ccc(CNC(=O)COC(=O)c2ccc(C)c(NC(=O)c3ccco3)c2)cc1. The Balaban J connectivity index is 1.52. The number of hydrogen-bond acceptors (Lipinski definition) is 6. The number of carbonyl (C=O) groups is 3. The molecule has 0 radical (unpaired) electrons. The minimum Gasteiger partial charge on any atom is -0.497 e. The largest absolute Gasteiger partial charge is 0.497 e. The fourth-order valence-electron chi connectivity index (χ4n) is 2.68. The van der Waals surface area contributed by atoms with Gasteiger partial charge in [-0.25, -0.2) is 4.79 Å². The molecule has 1 heterocycles. The third-order valence-electron chi connectivity index (χ3n) is 4.45. The Hall–Kier alpha value is -4.07. The normalized spacial score (nSPS) is 10.3. The summed E-state index contributed by atoms with van der Waals surface area (Å²) in [5, 5.41) is 5.37. The van der Waals surface area contributed by atoms with E-state index in [1.165, 1.54) is 18.4 Å². The molecule has 0 aliphatic heterocycles. The van der Waals surface area contributed by atoms with Gasteiger partial charge in [0.1, 0.15) is 5.75 Å². The van der Waals surface area contributed by atoms with Gasteiger partial charge >= 0.3 is 5.97 Å². The van der Waals surface area contributed by atoms with E-state index in [4.69, 9.17) is 13.9 Å². The van der Waals surface area contributed by atoms with Crippen molar-refractivity contribution < 1.29 is 28.3 Å². The van der Waals surface area contributed by atoms with E-state index in [0.29, 0.717) is 12.2 Å². The van der Waals surface area contributed by atoms with Gasteiger partial charge in [0.25, 0.3) is 11.8 Å². The first-order chi connectivity index (χ1) is 15.0. The highest BCUT2D eigenvalue weighted by Gasteiger charge is 2.15. The number of carbonyl (C=O) groups excluding carboxylic acids is 3. The van der Waals surface area contributed by atoms with Crippen molar-refractivity contribution in [3.63, 3.8) is 0 Å². The van der Waals surface area contributed by atoms with Gasteiger partial charge in [0.15, 0.2) is 12.4 Å². The highest BCUT2D eigenvalue weighted by Crippen LogP contribution is 2.19. The fraction of sp³-hybridized carbons (Fsp3) is 0.174. The monoisotopic (exact) mass is 422 g/mol. The van der Waals surface area contributed by atoms with Crippen molar-refractivity contribution in [2.24, 2.45) is 0 Å². The Labute approximate surface area is 179 Å². The van der Waals surface area contributed by atoms with Crippen molar-refractivity contribution in [3.8, 4) is 5.75 Å². The summed E-state index contributed by atoms with van der Waals surface area (Å²) in [5.41, 5.74) is 2.30. The van der Waals surface area contributed by atoms with Crippen LogP contribution in [0.4, 0.5) is 5.69 Å². The van der Waals surface area contributed by atoms with Gasteiger partial charge in [0, 0.05) is 12.2 Å². The molecule has 0 aliphatic rings. The number of ether oxygens (including phenoxy) is 2. The lowest BCUT2D eigenvalue weighted by Crippen LogP contribution is -2.28. The quantitative estimate of drug-likeness (QED) is 0.540. The van der Waals surface area contributed by atoms with Crippen molar-refractivity contribution in [1.29, 1.82) is 0 Å². The van der Waals surface area contributed by atoms with E-state index < -0.39 is 24.4 Å². The smallest absolute Gasteiger partial charge is 0.338 e. The van der Waals surface area contributed by atoms with E-state index in [2.05, 4.69) is 10.6 Å². The molecule has 2 N–H and O–H groups in total. The van der Waals surface area contributed by atoms with Gasteiger partial charge in [-0.3, -0.25) is 9.59 Å². The molecule has 8 heteroatoms. The van der Waals surface area contributed by atoms with Crippen LogP contribution in [0.2, 0.25) is 0 Å². The van der Waals surface area contributed by atoms with E-state index in [-0.39, 0.29) is 11.3 Å². The number of aryl methyl sites for hydroxylation is 1. The maximum atomic E-state index is 12.3. The maximum Gasteiger partial charge on any atom is 0.338 e. The number of rotatable bonds is 8. The molecule has 0 aliphatic carbocycles. The first-order valence-corrected chi connectivity index (χ1v) is 9.48. The van der Waals surface area contributed by atoms with Gasteiger partial charge in [-0.1, -0.05) is 18.2 Å². The molecule has 0 saturated carbocycles. The number of methoxy groups -OCH3 is 1. The molecular weight excluding hydrogens is 400 g/mol. The van der Waals surface area contributed by atoms with Crippen LogP contribution in [0, 0.1) is 6.92 Å². The Morgan fingerprint density at radius 1 is 1.03 bits per heavy atom. The zero-order chi connectivity index (χ0) is 22.2. The summed E-state index contributed by atoms with van der Waals surface area (Å²) in [6.45, 7) is 1.67. The average molecular weight is 422 g/mol. The predicted molar refractivity (Wildman–Crippen MR) is 113 cm³/mol. The maximum absolute atomic E-state index is 12.3. The van der Waals surface area contributed by atoms with Gasteiger partial charge in [-0.2, -0.15) is 0 Å². The summed E-state index contributed by atoms with van der Waals surface area (Å²) < 4.78 is 15.2. The summed E-state index contributed by atoms with van der Waals surface area (Å²) in [6, 6.07) is 15.1. The van der Waals surface area contributed by atoms with Gasteiger partial charge in [-0.05, 0) is 54.4 Å². The van der Waals surface area contributed by atoms with Gasteiger partial charge in [0.05, 0.1) is 18.9 Å². The molecule has 0 bridgehead atoms. The Morgan fingerprint density at radius 3 is 2.48 bits per heavy atom. The lowest BCUT2D eigenvalue weighted by atomic mass is 10.1. The third kappa shape index (κ3) is 5.96. The highest BCUT2D eigenvalue weighted by atomic mass is 16.5. The molecule has 31 heavy (non-hydrogen) atoms. The molecule has 3 aromatic rings. The molecule has 0 saturated heterocycles. The number of esters is 1. The standard InChI is InChI=1S/C23H22N2O6/c1-15-5-8-17(12-19(15)25-22(27)20-4-3-11-30-20)23(28)31-14-21(26)24-13-16-6-9-18(29-2)10-7-16/h3-12H,13-14H2,1-2H3,(H,24,26)(H,25,27). The van der Waals surface area contributed by atoms with Crippen LogP contribution in [0.15, 0.2) is 65.3 Å². The van der Waals surface area contributed by atoms with E-state index in [1.807, 2.05) is 12.1 Å². The molecule has 3 rings (SSSR count). The third-order valence-corrected chi connectivity index (χ3v) is 4.45. The molecule has 0 fully saturated rings. The number of nitrogens with one attached hydrogen (secondary N) is 2. The molecule has 0 atom stereocenters. The topological polar surface area (TPSA) is 107 Å². The lowest BCUT2D eigenvalue weighted by molar-refractivity contribution is -0.124. The van der Waals surface area contributed by atoms with Crippen LogP contribution in [0.1, 0.15) is 32.0 Å². The fourth-order valence-corrected chi connectivity index (χ4v) is 2.68. The van der Waals surface area contributed by atoms with Gasteiger partial charge < -0.3 is 24.5 Å². The highest BCUT2D eigenvalue weighted by molar-refractivity contribution is 6.03. The average Bonchev–Trinajstić information content (AvgIpc) is 3.33. The second kappa shape index (κ2) is 10.1. The molecule has 0 spiro atoms. The van der Waals surface area contributed by atoms with Crippen molar-refractivity contribution >= 4 is 23.5 Å². The van der Waals surface area contributed by atoms with Gasteiger partial charge in [-0.15, -0.1) is 0 Å². The van der Waals surface area contributed by atoms with Crippen LogP contribution in [-0.4, -0.2) is 31.5 Å². The van der Waals surface area contributed by atoms with Crippen LogP contribution in [0.5, 0.6) is 5.75 Å². The molecule has 8 nitrogen and oxygen atoms in total. The molecule has 2 amide bonds. The van der Waals surface area contributed by atoms with E-state index in [0.717, 1.165) is 16.9 Å². The summed E-state index contributed by atoms with van der Waals surface area (Å²) in [5.74, 6) is -0.657. The molecule has 1 aromatic heterocycles. The Bertz CT molecular complexity index is 1060. The summed E-state index contributed by atoms with van der Waals surface area (Å²) in [6.07, 6.45) is 1.40. The Morgan fingerprint density at radius 2 is 1.81 bits per heavy atom.